The molecule has 1 aromatic carbocycles. The predicted octanol–water partition coefficient (Wildman–Crippen LogP) is 2.42. The largest absolute Gasteiger partial charge is 0.497 e. The Morgan fingerprint density at radius 1 is 1.28 bits per heavy atom. The molecular formula is C15H25NO2. The maximum atomic E-state index is 5.22. The summed E-state index contributed by atoms with van der Waals surface area (Å²) < 4.78 is 10.2. The van der Waals surface area contributed by atoms with Crippen LogP contribution in [0.2, 0.25) is 0 Å². The minimum absolute atomic E-state index is 0.619. The highest BCUT2D eigenvalue weighted by Crippen LogP contribution is 2.19. The van der Waals surface area contributed by atoms with Crippen molar-refractivity contribution < 1.29 is 9.47 Å². The molecule has 0 amide bonds. The molecule has 1 unspecified atom stereocenters. The highest BCUT2D eigenvalue weighted by atomic mass is 16.5. The Morgan fingerprint density at radius 2 is 2.06 bits per heavy atom. The van der Waals surface area contributed by atoms with Crippen molar-refractivity contribution in [3.05, 3.63) is 29.3 Å². The summed E-state index contributed by atoms with van der Waals surface area (Å²) in [6.07, 6.45) is 1.09. The van der Waals surface area contributed by atoms with Crippen LogP contribution >= 0.6 is 0 Å². The van der Waals surface area contributed by atoms with Crippen molar-refractivity contribution in [1.82, 2.24) is 5.32 Å². The van der Waals surface area contributed by atoms with Gasteiger partial charge in [-0.1, -0.05) is 13.0 Å². The maximum Gasteiger partial charge on any atom is 0.119 e. The highest BCUT2D eigenvalue weighted by Gasteiger charge is 2.06. The van der Waals surface area contributed by atoms with E-state index >= 15 is 0 Å². The number of rotatable bonds is 8. The van der Waals surface area contributed by atoms with Crippen LogP contribution in [0.1, 0.15) is 18.1 Å². The fourth-order valence-electron chi connectivity index (χ4n) is 1.99. The molecule has 102 valence electrons. The summed E-state index contributed by atoms with van der Waals surface area (Å²) in [5.74, 6) is 1.55. The van der Waals surface area contributed by atoms with E-state index in [1.54, 1.807) is 14.2 Å². The van der Waals surface area contributed by atoms with Gasteiger partial charge >= 0.3 is 0 Å². The van der Waals surface area contributed by atoms with Crippen LogP contribution < -0.4 is 10.1 Å². The standard InChI is InChI=1S/C15H25NO2/c1-12(11-16-7-8-17-3)9-14-5-6-15(18-4)10-13(14)2/h5-6,10,12,16H,7-9,11H2,1-4H3. The molecule has 0 saturated carbocycles. The predicted molar refractivity (Wildman–Crippen MR) is 75.3 cm³/mol. The smallest absolute Gasteiger partial charge is 0.119 e. The molecule has 0 heterocycles. The zero-order valence-electron chi connectivity index (χ0n) is 12.0. The van der Waals surface area contributed by atoms with Gasteiger partial charge in [-0.05, 0) is 49.1 Å². The molecule has 18 heavy (non-hydrogen) atoms. The summed E-state index contributed by atoms with van der Waals surface area (Å²) >= 11 is 0. The van der Waals surface area contributed by atoms with Crippen molar-refractivity contribution in [2.24, 2.45) is 5.92 Å². The first kappa shape index (κ1) is 15.0. The van der Waals surface area contributed by atoms with Gasteiger partial charge in [0.15, 0.2) is 0 Å². The summed E-state index contributed by atoms with van der Waals surface area (Å²) in [5.41, 5.74) is 2.70. The minimum atomic E-state index is 0.619. The Morgan fingerprint density at radius 3 is 2.67 bits per heavy atom. The molecular weight excluding hydrogens is 226 g/mol. The van der Waals surface area contributed by atoms with E-state index in [0.29, 0.717) is 5.92 Å². The summed E-state index contributed by atoms with van der Waals surface area (Å²) in [4.78, 5) is 0. The number of methoxy groups -OCH3 is 2. The van der Waals surface area contributed by atoms with E-state index in [1.165, 1.54) is 11.1 Å². The van der Waals surface area contributed by atoms with Crippen molar-refractivity contribution in [3.8, 4) is 5.75 Å². The van der Waals surface area contributed by atoms with Crippen LogP contribution in [0.5, 0.6) is 5.75 Å². The molecule has 1 atom stereocenters. The zero-order valence-corrected chi connectivity index (χ0v) is 12.0. The van der Waals surface area contributed by atoms with Crippen molar-refractivity contribution in [1.29, 1.82) is 0 Å². The second-order valence-corrected chi connectivity index (χ2v) is 4.80. The van der Waals surface area contributed by atoms with Gasteiger partial charge in [0.05, 0.1) is 13.7 Å². The van der Waals surface area contributed by atoms with Crippen molar-refractivity contribution in [2.45, 2.75) is 20.3 Å². The summed E-state index contributed by atoms with van der Waals surface area (Å²) in [7, 11) is 3.43. The molecule has 3 nitrogen and oxygen atoms in total. The van der Waals surface area contributed by atoms with E-state index in [4.69, 9.17) is 9.47 Å². The Kier molecular flexibility index (Phi) is 6.76. The second kappa shape index (κ2) is 8.11. The molecule has 0 aliphatic rings. The number of nitrogens with one attached hydrogen (secondary N) is 1. The molecule has 1 N–H and O–H groups in total. The van der Waals surface area contributed by atoms with Crippen LogP contribution in [0, 0.1) is 12.8 Å². The summed E-state index contributed by atoms with van der Waals surface area (Å²) in [6, 6.07) is 6.30. The molecule has 0 aromatic heterocycles. The maximum absolute atomic E-state index is 5.22. The third-order valence-electron chi connectivity index (χ3n) is 3.09. The minimum Gasteiger partial charge on any atom is -0.497 e. The van der Waals surface area contributed by atoms with Crippen LogP contribution in [0.3, 0.4) is 0 Å². The molecule has 3 heteroatoms. The van der Waals surface area contributed by atoms with Gasteiger partial charge in [0.2, 0.25) is 0 Å². The lowest BCUT2D eigenvalue weighted by molar-refractivity contribution is 0.198. The van der Waals surface area contributed by atoms with Gasteiger partial charge < -0.3 is 14.8 Å². The summed E-state index contributed by atoms with van der Waals surface area (Å²) in [5, 5.41) is 3.40. The van der Waals surface area contributed by atoms with E-state index in [1.807, 2.05) is 6.07 Å². The average molecular weight is 251 g/mol. The van der Waals surface area contributed by atoms with E-state index < -0.39 is 0 Å². The van der Waals surface area contributed by atoms with Crippen LogP contribution in [-0.2, 0) is 11.2 Å². The van der Waals surface area contributed by atoms with Gasteiger partial charge in [0, 0.05) is 13.7 Å². The van der Waals surface area contributed by atoms with Crippen LogP contribution in [0.4, 0.5) is 0 Å². The highest BCUT2D eigenvalue weighted by molar-refractivity contribution is 5.34. The quantitative estimate of drug-likeness (QED) is 0.720. The van der Waals surface area contributed by atoms with Gasteiger partial charge in [-0.15, -0.1) is 0 Å². The lowest BCUT2D eigenvalue weighted by Crippen LogP contribution is -2.25. The van der Waals surface area contributed by atoms with Gasteiger partial charge in [-0.25, -0.2) is 0 Å². The first-order valence-electron chi connectivity index (χ1n) is 6.50. The normalized spacial score (nSPS) is 12.4. The topological polar surface area (TPSA) is 30.5 Å². The fourth-order valence-corrected chi connectivity index (χ4v) is 1.99. The lowest BCUT2D eigenvalue weighted by Gasteiger charge is -2.14. The molecule has 0 bridgehead atoms. The third-order valence-corrected chi connectivity index (χ3v) is 3.09. The first-order chi connectivity index (χ1) is 8.67. The van der Waals surface area contributed by atoms with E-state index in [9.17, 15) is 0 Å². The molecule has 0 saturated heterocycles. The molecule has 0 fully saturated rings. The third kappa shape index (κ3) is 5.07. The number of hydrogen-bond acceptors (Lipinski definition) is 3. The van der Waals surface area contributed by atoms with E-state index in [0.717, 1.165) is 31.9 Å². The van der Waals surface area contributed by atoms with Crippen LogP contribution in [-0.4, -0.2) is 33.9 Å². The molecule has 0 radical (unpaired) electrons. The second-order valence-electron chi connectivity index (χ2n) is 4.80. The average Bonchev–Trinajstić information content (AvgIpc) is 2.37. The molecule has 0 aliphatic carbocycles. The molecule has 0 aliphatic heterocycles. The van der Waals surface area contributed by atoms with Crippen molar-refractivity contribution >= 4 is 0 Å². The van der Waals surface area contributed by atoms with Crippen molar-refractivity contribution in [2.75, 3.05) is 33.9 Å². The van der Waals surface area contributed by atoms with Gasteiger partial charge in [0.25, 0.3) is 0 Å². The number of hydrogen-bond donors (Lipinski definition) is 1. The summed E-state index contributed by atoms with van der Waals surface area (Å²) in [6.45, 7) is 7.12. The van der Waals surface area contributed by atoms with E-state index in [2.05, 4.69) is 31.3 Å². The number of aryl methyl sites for hydroxylation is 1. The van der Waals surface area contributed by atoms with Gasteiger partial charge in [-0.3, -0.25) is 0 Å². The van der Waals surface area contributed by atoms with Gasteiger partial charge in [-0.2, -0.15) is 0 Å². The Hall–Kier alpha value is -1.06. The SMILES string of the molecule is COCCNCC(C)Cc1ccc(OC)cc1C. The van der Waals surface area contributed by atoms with Crippen LogP contribution in [0.25, 0.3) is 0 Å². The molecule has 0 spiro atoms. The lowest BCUT2D eigenvalue weighted by atomic mass is 9.97. The Labute approximate surface area is 110 Å². The fraction of sp³-hybridized carbons (Fsp3) is 0.600. The first-order valence-corrected chi connectivity index (χ1v) is 6.50. The van der Waals surface area contributed by atoms with Crippen LogP contribution in [0.15, 0.2) is 18.2 Å². The zero-order chi connectivity index (χ0) is 13.4. The Balaban J connectivity index is 2.41. The molecule has 1 rings (SSSR count). The number of benzene rings is 1. The molecule has 1 aromatic rings. The monoisotopic (exact) mass is 251 g/mol. The number of ether oxygens (including phenoxy) is 2. The van der Waals surface area contributed by atoms with Gasteiger partial charge in [0.1, 0.15) is 5.75 Å². The Bertz CT molecular complexity index is 352. The van der Waals surface area contributed by atoms with E-state index in [-0.39, 0.29) is 0 Å². The van der Waals surface area contributed by atoms with Crippen molar-refractivity contribution in [3.63, 3.8) is 0 Å².